The topological polar surface area (TPSA) is 160 Å². The van der Waals surface area contributed by atoms with Gasteiger partial charge in [-0.3, -0.25) is 9.59 Å². The number of nitriles is 1. The Bertz CT molecular complexity index is 1210. The molecule has 0 saturated heterocycles. The molecular weight excluding hydrogens is 458 g/mol. The molecule has 0 bridgehead atoms. The quantitative estimate of drug-likeness (QED) is 0.241. The number of nitrogens with two attached hydrogens (primary N) is 1. The lowest BCUT2D eigenvalue weighted by atomic mass is 9.92. The van der Waals surface area contributed by atoms with E-state index < -0.39 is 29.7 Å². The summed E-state index contributed by atoms with van der Waals surface area (Å²) in [6.07, 6.45) is -1.55. The minimum absolute atomic E-state index is 0.177. The first-order chi connectivity index (χ1) is 16.8. The van der Waals surface area contributed by atoms with Crippen molar-refractivity contribution in [1.82, 2.24) is 14.6 Å². The number of carbonyl (C=O) groups is 2. The first-order valence-electron chi connectivity index (χ1n) is 10.5. The average Bonchev–Trinajstić information content (AvgIpc) is 3.28. The number of aromatic nitrogens is 3. The molecule has 0 spiro atoms. The van der Waals surface area contributed by atoms with Crippen LogP contribution in [-0.4, -0.2) is 58.8 Å². The second kappa shape index (κ2) is 11.3. The van der Waals surface area contributed by atoms with Crippen LogP contribution in [0.4, 0.5) is 5.82 Å². The van der Waals surface area contributed by atoms with Gasteiger partial charge in [-0.15, -0.1) is 0 Å². The molecule has 3 atom stereocenters. The van der Waals surface area contributed by atoms with E-state index in [2.05, 4.69) is 10.1 Å². The highest BCUT2D eigenvalue weighted by atomic mass is 16.7. The minimum Gasteiger partial charge on any atom is -0.468 e. The van der Waals surface area contributed by atoms with Crippen molar-refractivity contribution in [3.63, 3.8) is 0 Å². The fraction of sp³-hybridized carbons (Fsp3) is 0.348. The maximum atomic E-state index is 12.1. The third kappa shape index (κ3) is 5.84. The molecule has 0 amide bonds. The molecule has 35 heavy (non-hydrogen) atoms. The number of nitrogens with zero attached hydrogens (tertiary/aromatic N) is 4. The zero-order valence-electron chi connectivity index (χ0n) is 19.4. The minimum atomic E-state index is -1.89. The summed E-state index contributed by atoms with van der Waals surface area (Å²) < 4.78 is 29.0. The SMILES string of the molecule is CO[C@](C#N)(COCOc1ccccc1)[C@@H](OC(C)=O)[C@@H](OC(C)=O)c1ccc2c(N)ncnn12. The third-order valence-electron chi connectivity index (χ3n) is 5.05. The summed E-state index contributed by atoms with van der Waals surface area (Å²) >= 11 is 0. The lowest BCUT2D eigenvalue weighted by molar-refractivity contribution is -0.198. The van der Waals surface area contributed by atoms with Crippen LogP contribution in [0.2, 0.25) is 0 Å². The van der Waals surface area contributed by atoms with Gasteiger partial charge in [-0.1, -0.05) is 18.2 Å². The fourth-order valence-corrected chi connectivity index (χ4v) is 3.44. The highest BCUT2D eigenvalue weighted by Crippen LogP contribution is 2.34. The van der Waals surface area contributed by atoms with Crippen LogP contribution in [0.25, 0.3) is 5.52 Å². The molecule has 0 fully saturated rings. The van der Waals surface area contributed by atoms with Crippen molar-refractivity contribution in [2.75, 3.05) is 26.2 Å². The number of nitrogen functional groups attached to an aromatic ring is 1. The van der Waals surface area contributed by atoms with Gasteiger partial charge >= 0.3 is 11.9 Å². The number of anilines is 1. The van der Waals surface area contributed by atoms with Crippen molar-refractivity contribution in [1.29, 1.82) is 5.26 Å². The predicted molar refractivity (Wildman–Crippen MR) is 121 cm³/mol. The Balaban J connectivity index is 1.97. The van der Waals surface area contributed by atoms with E-state index in [4.69, 9.17) is 29.4 Å². The van der Waals surface area contributed by atoms with E-state index in [1.807, 2.05) is 12.1 Å². The van der Waals surface area contributed by atoms with Crippen molar-refractivity contribution in [2.45, 2.75) is 31.7 Å². The number of rotatable bonds is 11. The van der Waals surface area contributed by atoms with Gasteiger partial charge in [-0.2, -0.15) is 10.4 Å². The standard InChI is InChI=1S/C23H25N5O7/c1-15(29)34-20(18-9-10-19-22(25)26-13-27-28(18)19)21(35-16(2)30)23(11-24,31-3)12-32-14-33-17-7-5-4-6-8-17/h4-10,13,20-21H,12,14H2,1-3H3,(H2,25,26,27)/t20-,21-,23+/m0/s1. The number of esters is 2. The van der Waals surface area contributed by atoms with Gasteiger partial charge in [0.1, 0.15) is 23.7 Å². The highest BCUT2D eigenvalue weighted by molar-refractivity contribution is 5.69. The van der Waals surface area contributed by atoms with Crippen molar-refractivity contribution in [3.05, 3.63) is 54.5 Å². The summed E-state index contributed by atoms with van der Waals surface area (Å²) in [5.74, 6) is -0.699. The highest BCUT2D eigenvalue weighted by Gasteiger charge is 2.50. The number of ether oxygens (including phenoxy) is 5. The third-order valence-corrected chi connectivity index (χ3v) is 5.05. The van der Waals surface area contributed by atoms with Crippen LogP contribution in [0.5, 0.6) is 5.75 Å². The Labute approximate surface area is 201 Å². The lowest BCUT2D eigenvalue weighted by Crippen LogP contribution is -2.53. The fourth-order valence-electron chi connectivity index (χ4n) is 3.44. The van der Waals surface area contributed by atoms with Crippen molar-refractivity contribution in [3.8, 4) is 11.8 Å². The molecule has 0 unspecified atom stereocenters. The summed E-state index contributed by atoms with van der Waals surface area (Å²) in [4.78, 5) is 28.1. The van der Waals surface area contributed by atoms with Crippen LogP contribution in [0.1, 0.15) is 25.6 Å². The van der Waals surface area contributed by atoms with Gasteiger partial charge in [0, 0.05) is 21.0 Å². The van der Waals surface area contributed by atoms with E-state index in [0.717, 1.165) is 6.92 Å². The molecule has 0 aliphatic heterocycles. The molecule has 2 heterocycles. The Kier molecular flexibility index (Phi) is 8.19. The number of benzene rings is 1. The van der Waals surface area contributed by atoms with E-state index in [-0.39, 0.29) is 24.9 Å². The summed E-state index contributed by atoms with van der Waals surface area (Å²) in [6, 6.07) is 14.1. The lowest BCUT2D eigenvalue weighted by Gasteiger charge is -2.36. The van der Waals surface area contributed by atoms with Crippen LogP contribution >= 0.6 is 0 Å². The first-order valence-corrected chi connectivity index (χ1v) is 10.5. The van der Waals surface area contributed by atoms with E-state index >= 15 is 0 Å². The van der Waals surface area contributed by atoms with Crippen LogP contribution in [0, 0.1) is 11.3 Å². The van der Waals surface area contributed by atoms with E-state index in [1.54, 1.807) is 36.4 Å². The number of hydrogen-bond donors (Lipinski definition) is 1. The van der Waals surface area contributed by atoms with Gasteiger partial charge in [0.25, 0.3) is 0 Å². The monoisotopic (exact) mass is 483 g/mol. The van der Waals surface area contributed by atoms with Gasteiger partial charge in [0.15, 0.2) is 24.8 Å². The van der Waals surface area contributed by atoms with Crippen molar-refractivity contribution in [2.24, 2.45) is 0 Å². The van der Waals surface area contributed by atoms with E-state index in [1.165, 1.54) is 24.9 Å². The smallest absolute Gasteiger partial charge is 0.303 e. The maximum Gasteiger partial charge on any atom is 0.303 e. The molecule has 0 radical (unpaired) electrons. The van der Waals surface area contributed by atoms with Crippen molar-refractivity contribution < 1.29 is 33.3 Å². The summed E-state index contributed by atoms with van der Waals surface area (Å²) in [5.41, 5.74) is 4.72. The van der Waals surface area contributed by atoms with Gasteiger partial charge < -0.3 is 29.4 Å². The first kappa shape index (κ1) is 25.4. The molecule has 2 aromatic heterocycles. The zero-order chi connectivity index (χ0) is 25.4. The van der Waals surface area contributed by atoms with Gasteiger partial charge in [-0.05, 0) is 24.3 Å². The van der Waals surface area contributed by atoms with Crippen molar-refractivity contribution >= 4 is 23.3 Å². The number of methoxy groups -OCH3 is 1. The Morgan fingerprint density at radius 2 is 1.86 bits per heavy atom. The molecule has 12 nitrogen and oxygen atoms in total. The molecule has 184 valence electrons. The molecule has 0 saturated carbocycles. The molecular formula is C23H25N5O7. The summed E-state index contributed by atoms with van der Waals surface area (Å²) in [7, 11) is 1.25. The molecule has 2 N–H and O–H groups in total. The average molecular weight is 483 g/mol. The largest absolute Gasteiger partial charge is 0.468 e. The molecule has 3 aromatic rings. The number of fused-ring (bicyclic) bond motifs is 1. The van der Waals surface area contributed by atoms with Gasteiger partial charge in [-0.25, -0.2) is 9.50 Å². The second-order valence-corrected chi connectivity index (χ2v) is 7.39. The molecule has 3 rings (SSSR count). The van der Waals surface area contributed by atoms with Crippen LogP contribution in [-0.2, 0) is 28.5 Å². The summed E-state index contributed by atoms with van der Waals surface area (Å²) in [5, 5.41) is 14.3. The predicted octanol–water partition coefficient (Wildman–Crippen LogP) is 1.81. The zero-order valence-corrected chi connectivity index (χ0v) is 19.4. The Hall–Kier alpha value is -4.21. The number of carbonyl (C=O) groups excluding carboxylic acids is 2. The van der Waals surface area contributed by atoms with Crippen LogP contribution in [0.3, 0.4) is 0 Å². The molecule has 1 aromatic carbocycles. The Morgan fingerprint density at radius 1 is 1.14 bits per heavy atom. The molecule has 0 aliphatic rings. The van der Waals surface area contributed by atoms with Crippen LogP contribution < -0.4 is 10.5 Å². The number of para-hydroxylation sites is 1. The van der Waals surface area contributed by atoms with Crippen LogP contribution in [0.15, 0.2) is 48.8 Å². The molecule has 0 aliphatic carbocycles. The second-order valence-electron chi connectivity index (χ2n) is 7.39. The van der Waals surface area contributed by atoms with Gasteiger partial charge in [0.2, 0.25) is 5.60 Å². The maximum absolute atomic E-state index is 12.1. The van der Waals surface area contributed by atoms with Gasteiger partial charge in [0.05, 0.1) is 12.3 Å². The number of hydrogen-bond acceptors (Lipinski definition) is 11. The molecule has 12 heteroatoms. The van der Waals surface area contributed by atoms with E-state index in [9.17, 15) is 14.9 Å². The van der Waals surface area contributed by atoms with E-state index in [0.29, 0.717) is 11.3 Å². The Morgan fingerprint density at radius 3 is 2.49 bits per heavy atom. The summed E-state index contributed by atoms with van der Waals surface area (Å²) in [6.45, 7) is 1.73. The normalized spacial score (nSPS) is 14.3.